The molecule has 0 aromatic heterocycles. The van der Waals surface area contributed by atoms with Gasteiger partial charge in [-0.25, -0.2) is 0 Å². The second kappa shape index (κ2) is 4.11. The van der Waals surface area contributed by atoms with Crippen molar-refractivity contribution >= 4 is 45.6 Å². The van der Waals surface area contributed by atoms with Crippen molar-refractivity contribution in [3.8, 4) is 0 Å². The lowest BCUT2D eigenvalue weighted by Gasteiger charge is -2.12. The van der Waals surface area contributed by atoms with E-state index in [1.807, 2.05) is 0 Å². The standard InChI is InChI=1S/C19H15B/c1-12-10-17-15-8-4-5-9-16(15)19(20)11-18(17)14-7-3-2-6-13(12)14/h2-11H,20H2,1H3. The van der Waals surface area contributed by atoms with Gasteiger partial charge in [-0.1, -0.05) is 66.1 Å². The summed E-state index contributed by atoms with van der Waals surface area (Å²) in [5.74, 6) is 0. The highest BCUT2D eigenvalue weighted by Gasteiger charge is 2.08. The minimum atomic E-state index is 1.35. The van der Waals surface area contributed by atoms with Crippen LogP contribution < -0.4 is 5.46 Å². The SMILES string of the molecule is Bc1cc2c3ccccc3c(C)cc2c2ccccc12. The monoisotopic (exact) mass is 254 g/mol. The van der Waals surface area contributed by atoms with Crippen LogP contribution in [0.4, 0.5) is 0 Å². The number of aryl methyl sites for hydroxylation is 1. The lowest BCUT2D eigenvalue weighted by molar-refractivity contribution is 1.56. The maximum Gasteiger partial charge on any atom is 0.140 e. The highest BCUT2D eigenvalue weighted by Crippen LogP contribution is 2.32. The Bertz CT molecular complexity index is 886. The van der Waals surface area contributed by atoms with Crippen LogP contribution in [0.2, 0.25) is 0 Å². The molecule has 4 aromatic carbocycles. The molecule has 0 bridgehead atoms. The number of hydrogen-bond donors (Lipinski definition) is 0. The molecule has 0 radical (unpaired) electrons. The molecule has 0 heterocycles. The summed E-state index contributed by atoms with van der Waals surface area (Å²) in [6.07, 6.45) is 0. The Morgan fingerprint density at radius 3 is 1.80 bits per heavy atom. The Labute approximate surface area is 119 Å². The molecule has 0 aliphatic carbocycles. The molecule has 0 aliphatic heterocycles. The van der Waals surface area contributed by atoms with Gasteiger partial charge in [0.2, 0.25) is 0 Å². The van der Waals surface area contributed by atoms with Crippen molar-refractivity contribution in [1.29, 1.82) is 0 Å². The largest absolute Gasteiger partial charge is 0.140 e. The molecule has 4 aromatic rings. The molecule has 0 saturated carbocycles. The van der Waals surface area contributed by atoms with Gasteiger partial charge < -0.3 is 0 Å². The van der Waals surface area contributed by atoms with Gasteiger partial charge in [-0.2, -0.15) is 0 Å². The molecular formula is C19H15B. The van der Waals surface area contributed by atoms with Gasteiger partial charge in [-0.15, -0.1) is 0 Å². The van der Waals surface area contributed by atoms with Crippen LogP contribution in [0.5, 0.6) is 0 Å². The molecule has 1 heteroatoms. The minimum Gasteiger partial charge on any atom is -0.0806 e. The Kier molecular flexibility index (Phi) is 2.37. The summed E-state index contributed by atoms with van der Waals surface area (Å²) in [5, 5.41) is 8.15. The van der Waals surface area contributed by atoms with Gasteiger partial charge in [0.25, 0.3) is 0 Å². The normalized spacial score (nSPS) is 11.4. The third-order valence-corrected chi connectivity index (χ3v) is 4.30. The van der Waals surface area contributed by atoms with E-state index in [2.05, 4.69) is 75.4 Å². The predicted molar refractivity (Wildman–Crippen MR) is 91.9 cm³/mol. The maximum atomic E-state index is 2.33. The van der Waals surface area contributed by atoms with E-state index in [4.69, 9.17) is 0 Å². The third-order valence-electron chi connectivity index (χ3n) is 4.30. The van der Waals surface area contributed by atoms with E-state index in [9.17, 15) is 0 Å². The average Bonchev–Trinajstić information content (AvgIpc) is 2.49. The number of fused-ring (bicyclic) bond motifs is 5. The third kappa shape index (κ3) is 1.50. The van der Waals surface area contributed by atoms with Gasteiger partial charge in [-0.3, -0.25) is 0 Å². The summed E-state index contributed by atoms with van der Waals surface area (Å²) in [5.41, 5.74) is 2.70. The van der Waals surface area contributed by atoms with Crippen LogP contribution in [-0.2, 0) is 0 Å². The molecule has 0 saturated heterocycles. The fourth-order valence-corrected chi connectivity index (χ4v) is 3.31. The molecule has 0 aliphatic rings. The van der Waals surface area contributed by atoms with E-state index in [0.29, 0.717) is 0 Å². The molecule has 0 spiro atoms. The topological polar surface area (TPSA) is 0 Å². The number of rotatable bonds is 0. The van der Waals surface area contributed by atoms with E-state index in [0.717, 1.165) is 0 Å². The Morgan fingerprint density at radius 1 is 0.600 bits per heavy atom. The minimum absolute atomic E-state index is 1.35. The van der Waals surface area contributed by atoms with Crippen LogP contribution in [-0.4, -0.2) is 7.85 Å². The average molecular weight is 254 g/mol. The lowest BCUT2D eigenvalue weighted by atomic mass is 9.85. The molecule has 94 valence electrons. The molecule has 20 heavy (non-hydrogen) atoms. The van der Waals surface area contributed by atoms with Crippen molar-refractivity contribution in [2.45, 2.75) is 6.92 Å². The number of benzene rings is 4. The van der Waals surface area contributed by atoms with Crippen molar-refractivity contribution < 1.29 is 0 Å². The molecule has 0 atom stereocenters. The first-order valence-corrected chi connectivity index (χ1v) is 7.06. The van der Waals surface area contributed by atoms with Gasteiger partial charge in [0, 0.05) is 0 Å². The van der Waals surface area contributed by atoms with E-state index in [1.165, 1.54) is 43.3 Å². The van der Waals surface area contributed by atoms with E-state index in [1.54, 1.807) is 0 Å². The summed E-state index contributed by atoms with van der Waals surface area (Å²) in [7, 11) is 2.20. The second-order valence-corrected chi connectivity index (χ2v) is 5.57. The van der Waals surface area contributed by atoms with E-state index >= 15 is 0 Å². The summed E-state index contributed by atoms with van der Waals surface area (Å²) in [4.78, 5) is 0. The predicted octanol–water partition coefficient (Wildman–Crippen LogP) is 3.71. The van der Waals surface area contributed by atoms with Gasteiger partial charge >= 0.3 is 0 Å². The van der Waals surface area contributed by atoms with Crippen LogP contribution in [0.15, 0.2) is 60.7 Å². The first kappa shape index (κ1) is 11.5. The maximum absolute atomic E-state index is 2.33. The summed E-state index contributed by atoms with van der Waals surface area (Å²) < 4.78 is 0. The van der Waals surface area contributed by atoms with E-state index < -0.39 is 0 Å². The Morgan fingerprint density at radius 2 is 1.10 bits per heavy atom. The zero-order chi connectivity index (χ0) is 13.7. The quantitative estimate of drug-likeness (QED) is 0.331. The van der Waals surface area contributed by atoms with Crippen molar-refractivity contribution in [2.24, 2.45) is 0 Å². The van der Waals surface area contributed by atoms with Crippen LogP contribution in [0, 0.1) is 6.92 Å². The van der Waals surface area contributed by atoms with Crippen molar-refractivity contribution in [3.63, 3.8) is 0 Å². The molecular weight excluding hydrogens is 239 g/mol. The molecule has 0 N–H and O–H groups in total. The number of hydrogen-bond acceptors (Lipinski definition) is 0. The fraction of sp³-hybridized carbons (Fsp3) is 0.0526. The molecule has 0 nitrogen and oxygen atoms in total. The molecule has 0 fully saturated rings. The van der Waals surface area contributed by atoms with Crippen LogP contribution >= 0.6 is 0 Å². The van der Waals surface area contributed by atoms with Crippen LogP contribution in [0.3, 0.4) is 0 Å². The Balaban J connectivity index is 2.36. The van der Waals surface area contributed by atoms with Crippen molar-refractivity contribution in [1.82, 2.24) is 0 Å². The van der Waals surface area contributed by atoms with Gasteiger partial charge in [0.15, 0.2) is 0 Å². The highest BCUT2D eigenvalue weighted by atomic mass is 14.1. The summed E-state index contributed by atoms with van der Waals surface area (Å²) >= 11 is 0. The van der Waals surface area contributed by atoms with Crippen molar-refractivity contribution in [3.05, 3.63) is 66.2 Å². The zero-order valence-corrected chi connectivity index (χ0v) is 11.8. The molecule has 0 unspecified atom stereocenters. The Hall–Kier alpha value is -2.28. The second-order valence-electron chi connectivity index (χ2n) is 5.57. The van der Waals surface area contributed by atoms with Gasteiger partial charge in [0.05, 0.1) is 0 Å². The first-order valence-electron chi connectivity index (χ1n) is 7.06. The zero-order valence-electron chi connectivity index (χ0n) is 11.8. The molecule has 0 amide bonds. The van der Waals surface area contributed by atoms with Crippen molar-refractivity contribution in [2.75, 3.05) is 0 Å². The van der Waals surface area contributed by atoms with E-state index in [-0.39, 0.29) is 0 Å². The van der Waals surface area contributed by atoms with Crippen LogP contribution in [0.25, 0.3) is 32.3 Å². The lowest BCUT2D eigenvalue weighted by Crippen LogP contribution is -2.04. The van der Waals surface area contributed by atoms with Gasteiger partial charge in [-0.05, 0) is 44.8 Å². The summed E-state index contributed by atoms with van der Waals surface area (Å²) in [6, 6.07) is 22.1. The van der Waals surface area contributed by atoms with Crippen LogP contribution in [0.1, 0.15) is 5.56 Å². The highest BCUT2D eigenvalue weighted by molar-refractivity contribution is 6.42. The fourth-order valence-electron chi connectivity index (χ4n) is 3.31. The smallest absolute Gasteiger partial charge is 0.0806 e. The van der Waals surface area contributed by atoms with Gasteiger partial charge in [0.1, 0.15) is 7.85 Å². The first-order chi connectivity index (χ1) is 9.75. The molecule has 4 rings (SSSR count). The summed E-state index contributed by atoms with van der Waals surface area (Å²) in [6.45, 7) is 2.20.